The second-order valence-corrected chi connectivity index (χ2v) is 5.85. The third-order valence-electron chi connectivity index (χ3n) is 3.95. The van der Waals surface area contributed by atoms with Crippen molar-refractivity contribution in [2.45, 2.75) is 39.7 Å². The van der Waals surface area contributed by atoms with Crippen molar-refractivity contribution in [3.8, 4) is 0 Å². The van der Waals surface area contributed by atoms with E-state index in [2.05, 4.69) is 32.7 Å². The molecule has 0 amide bonds. The van der Waals surface area contributed by atoms with E-state index in [1.54, 1.807) is 7.11 Å². The number of hydrogen-bond acceptors (Lipinski definition) is 5. The molecule has 0 fully saturated rings. The quantitative estimate of drug-likeness (QED) is 0.196. The zero-order valence-electron chi connectivity index (χ0n) is 15.8. The van der Waals surface area contributed by atoms with E-state index in [1.165, 1.54) is 0 Å². The average Bonchev–Trinajstić information content (AvgIpc) is 2.89. The number of methoxy groups -OCH3 is 1. The van der Waals surface area contributed by atoms with Crippen LogP contribution < -0.4 is 10.6 Å². The molecule has 0 bridgehead atoms. The molecule has 8 nitrogen and oxygen atoms in total. The molecule has 0 radical (unpaired) electrons. The summed E-state index contributed by atoms with van der Waals surface area (Å²) < 4.78 is 7.01. The van der Waals surface area contributed by atoms with E-state index in [4.69, 9.17) is 4.74 Å². The molecule has 9 heteroatoms. The number of nitrogens with zero attached hydrogens (tertiary/aromatic N) is 4. The van der Waals surface area contributed by atoms with Crippen LogP contribution in [0.2, 0.25) is 0 Å². The van der Waals surface area contributed by atoms with Gasteiger partial charge in [0.2, 0.25) is 0 Å². The largest absolute Gasteiger partial charge is 0.396 e. The van der Waals surface area contributed by atoms with Crippen molar-refractivity contribution in [1.29, 1.82) is 0 Å². The van der Waals surface area contributed by atoms with E-state index in [0.717, 1.165) is 43.4 Å². The van der Waals surface area contributed by atoms with Gasteiger partial charge in [0.1, 0.15) is 12.4 Å². The molecular weight excluding hydrogens is 435 g/mol. The Bertz CT molecular complexity index is 489. The highest BCUT2D eigenvalue weighted by atomic mass is 127. The van der Waals surface area contributed by atoms with Gasteiger partial charge in [0, 0.05) is 33.9 Å². The van der Waals surface area contributed by atoms with Crippen LogP contribution in [0.15, 0.2) is 4.99 Å². The van der Waals surface area contributed by atoms with Gasteiger partial charge in [-0.05, 0) is 25.7 Å². The molecule has 146 valence electrons. The van der Waals surface area contributed by atoms with Gasteiger partial charge in [0.15, 0.2) is 11.8 Å². The minimum Gasteiger partial charge on any atom is -0.396 e. The van der Waals surface area contributed by atoms with Crippen molar-refractivity contribution in [1.82, 2.24) is 25.4 Å². The summed E-state index contributed by atoms with van der Waals surface area (Å²) in [7, 11) is 3.61. The fourth-order valence-electron chi connectivity index (χ4n) is 2.36. The monoisotopic (exact) mass is 468 g/mol. The van der Waals surface area contributed by atoms with Crippen molar-refractivity contribution in [3.63, 3.8) is 0 Å². The molecular formula is C16H33IN6O2. The van der Waals surface area contributed by atoms with Crippen LogP contribution in [0.5, 0.6) is 0 Å². The summed E-state index contributed by atoms with van der Waals surface area (Å²) in [6.07, 6.45) is 2.99. The summed E-state index contributed by atoms with van der Waals surface area (Å²) in [6, 6.07) is 0. The Hall–Kier alpha value is -0.940. The molecule has 1 aromatic heterocycles. The zero-order valence-corrected chi connectivity index (χ0v) is 18.1. The normalized spacial score (nSPS) is 12.6. The van der Waals surface area contributed by atoms with Gasteiger partial charge in [-0.3, -0.25) is 0 Å². The van der Waals surface area contributed by atoms with Gasteiger partial charge >= 0.3 is 0 Å². The Morgan fingerprint density at radius 3 is 2.64 bits per heavy atom. The van der Waals surface area contributed by atoms with Gasteiger partial charge in [0.05, 0.1) is 6.61 Å². The van der Waals surface area contributed by atoms with Gasteiger partial charge in [0.25, 0.3) is 0 Å². The molecule has 1 aromatic rings. The summed E-state index contributed by atoms with van der Waals surface area (Å²) in [6.45, 7) is 6.82. The molecule has 1 unspecified atom stereocenters. The van der Waals surface area contributed by atoms with Crippen molar-refractivity contribution in [2.24, 2.45) is 18.0 Å². The number of hydrogen-bond donors (Lipinski definition) is 3. The Kier molecular flexibility index (Phi) is 13.7. The molecule has 0 aliphatic rings. The van der Waals surface area contributed by atoms with E-state index in [-0.39, 0.29) is 30.6 Å². The highest BCUT2D eigenvalue weighted by Crippen LogP contribution is 2.09. The molecule has 1 rings (SSSR count). The lowest BCUT2D eigenvalue weighted by Crippen LogP contribution is -2.41. The van der Waals surface area contributed by atoms with Crippen LogP contribution in [0.1, 0.15) is 37.8 Å². The highest BCUT2D eigenvalue weighted by molar-refractivity contribution is 14.0. The van der Waals surface area contributed by atoms with Crippen molar-refractivity contribution in [2.75, 3.05) is 33.4 Å². The summed E-state index contributed by atoms with van der Waals surface area (Å²) in [5.41, 5.74) is 0. The molecule has 0 saturated heterocycles. The number of aromatic nitrogens is 3. The first-order chi connectivity index (χ1) is 11.6. The number of guanidine groups is 1. The Morgan fingerprint density at radius 1 is 1.32 bits per heavy atom. The van der Waals surface area contributed by atoms with E-state index in [9.17, 15) is 5.11 Å². The fourth-order valence-corrected chi connectivity index (χ4v) is 2.36. The van der Waals surface area contributed by atoms with Crippen molar-refractivity contribution >= 4 is 29.9 Å². The molecule has 0 aliphatic heterocycles. The SMILES string of the molecule is CCCC(CCO)CNC(=NCc1nnc(C)n1C)NCCOC.I. The first-order valence-electron chi connectivity index (χ1n) is 8.59. The molecule has 0 saturated carbocycles. The van der Waals surface area contributed by atoms with E-state index in [1.807, 2.05) is 18.5 Å². The van der Waals surface area contributed by atoms with Gasteiger partial charge in [-0.25, -0.2) is 4.99 Å². The van der Waals surface area contributed by atoms with Crippen molar-refractivity contribution in [3.05, 3.63) is 11.6 Å². The van der Waals surface area contributed by atoms with Crippen LogP contribution in [-0.2, 0) is 18.3 Å². The Balaban J connectivity index is 0.00000576. The van der Waals surface area contributed by atoms with Crippen LogP contribution in [0.3, 0.4) is 0 Å². The molecule has 25 heavy (non-hydrogen) atoms. The first-order valence-corrected chi connectivity index (χ1v) is 8.59. The number of aryl methyl sites for hydroxylation is 1. The molecule has 0 aromatic carbocycles. The van der Waals surface area contributed by atoms with E-state index in [0.29, 0.717) is 25.6 Å². The lowest BCUT2D eigenvalue weighted by molar-refractivity contribution is 0.203. The molecule has 1 atom stereocenters. The molecule has 0 aliphatic carbocycles. The second kappa shape index (κ2) is 14.3. The molecule has 1 heterocycles. The van der Waals surface area contributed by atoms with Crippen LogP contribution in [0.25, 0.3) is 0 Å². The second-order valence-electron chi connectivity index (χ2n) is 5.85. The Labute approximate surface area is 167 Å². The summed E-state index contributed by atoms with van der Waals surface area (Å²) in [5.74, 6) is 2.85. The fraction of sp³-hybridized carbons (Fsp3) is 0.812. The summed E-state index contributed by atoms with van der Waals surface area (Å²) in [5, 5.41) is 24.0. The number of aliphatic imine (C=N–C) groups is 1. The molecule has 3 N–H and O–H groups in total. The zero-order chi connectivity index (χ0) is 17.8. The topological polar surface area (TPSA) is 96.6 Å². The highest BCUT2D eigenvalue weighted by Gasteiger charge is 2.09. The number of aliphatic hydroxyl groups is 1. The Morgan fingerprint density at radius 2 is 2.08 bits per heavy atom. The molecule has 0 spiro atoms. The predicted octanol–water partition coefficient (Wildman–Crippen LogP) is 1.22. The minimum absolute atomic E-state index is 0. The number of nitrogens with one attached hydrogen (secondary N) is 2. The summed E-state index contributed by atoms with van der Waals surface area (Å²) in [4.78, 5) is 4.59. The maximum Gasteiger partial charge on any atom is 0.191 e. The summed E-state index contributed by atoms with van der Waals surface area (Å²) >= 11 is 0. The van der Waals surface area contributed by atoms with E-state index < -0.39 is 0 Å². The smallest absolute Gasteiger partial charge is 0.191 e. The van der Waals surface area contributed by atoms with Crippen LogP contribution in [-0.4, -0.2) is 59.2 Å². The lowest BCUT2D eigenvalue weighted by Gasteiger charge is -2.18. The maximum absolute atomic E-state index is 9.18. The minimum atomic E-state index is 0. The first kappa shape index (κ1) is 24.1. The predicted molar refractivity (Wildman–Crippen MR) is 110 cm³/mol. The van der Waals surface area contributed by atoms with Gasteiger partial charge in [-0.2, -0.15) is 0 Å². The van der Waals surface area contributed by atoms with E-state index >= 15 is 0 Å². The van der Waals surface area contributed by atoms with Crippen LogP contribution >= 0.6 is 24.0 Å². The number of aliphatic hydroxyl groups excluding tert-OH is 1. The van der Waals surface area contributed by atoms with Gasteiger partial charge in [-0.15, -0.1) is 34.2 Å². The third kappa shape index (κ3) is 9.36. The number of halogens is 1. The maximum atomic E-state index is 9.18. The third-order valence-corrected chi connectivity index (χ3v) is 3.95. The number of ether oxygens (including phenoxy) is 1. The van der Waals surface area contributed by atoms with Crippen LogP contribution in [0, 0.1) is 12.8 Å². The lowest BCUT2D eigenvalue weighted by atomic mass is 10.0. The van der Waals surface area contributed by atoms with Gasteiger partial charge in [-0.1, -0.05) is 13.3 Å². The van der Waals surface area contributed by atoms with Crippen molar-refractivity contribution < 1.29 is 9.84 Å². The standard InChI is InChI=1S/C16H32N6O2.HI/c1-5-6-14(7-9-23)11-18-16(17-8-10-24-4)19-12-15-21-20-13(2)22(15)3;/h14,23H,5-12H2,1-4H3,(H2,17,18,19);1H. The van der Waals surface area contributed by atoms with Gasteiger partial charge < -0.3 is 25.0 Å². The number of rotatable bonds is 11. The van der Waals surface area contributed by atoms with Crippen LogP contribution in [0.4, 0.5) is 0 Å². The average molecular weight is 468 g/mol.